The van der Waals surface area contributed by atoms with Crippen LogP contribution in [0, 0.1) is 5.41 Å². The number of para-hydroxylation sites is 1. The van der Waals surface area contributed by atoms with Crippen LogP contribution in [0.2, 0.25) is 0 Å². The van der Waals surface area contributed by atoms with Gasteiger partial charge in [0.25, 0.3) is 0 Å². The fraction of sp³-hybridized carbons (Fsp3) is 0.500. The van der Waals surface area contributed by atoms with E-state index in [0.29, 0.717) is 0 Å². The van der Waals surface area contributed by atoms with E-state index in [4.69, 9.17) is 4.74 Å². The van der Waals surface area contributed by atoms with Crippen molar-refractivity contribution >= 4 is 5.69 Å². The first-order valence-electron chi connectivity index (χ1n) is 5.25. The van der Waals surface area contributed by atoms with E-state index < -0.39 is 0 Å². The molecule has 0 bridgehead atoms. The molecular weight excluding hydrogens is 188 g/mol. The summed E-state index contributed by atoms with van der Waals surface area (Å²) < 4.78 is 5.43. The van der Waals surface area contributed by atoms with Crippen molar-refractivity contribution in [2.75, 3.05) is 18.7 Å². The molecule has 2 rings (SSSR count). The average molecular weight is 206 g/mol. The number of anilines is 1. The van der Waals surface area contributed by atoms with E-state index >= 15 is 0 Å². The summed E-state index contributed by atoms with van der Waals surface area (Å²) in [6.07, 6.45) is 0.0812. The number of ether oxygens (including phenoxy) is 1. The van der Waals surface area contributed by atoms with Gasteiger partial charge < -0.3 is 9.75 Å². The summed E-state index contributed by atoms with van der Waals surface area (Å²) in [5.41, 5.74) is 4.67. The van der Waals surface area contributed by atoms with Crippen molar-refractivity contribution in [3.63, 3.8) is 0 Å². The minimum Gasteiger partial charge on any atom is -0.364 e. The number of benzene rings is 1. The molecule has 1 saturated heterocycles. The van der Waals surface area contributed by atoms with Crippen LogP contribution in [0.4, 0.5) is 5.69 Å². The molecule has 3 heteroatoms. The molecule has 1 aromatic rings. The quantitative estimate of drug-likeness (QED) is 0.801. The Bertz CT molecular complexity index is 324. The van der Waals surface area contributed by atoms with Crippen molar-refractivity contribution in [1.82, 2.24) is 5.43 Å². The molecule has 1 N–H and O–H groups in total. The first kappa shape index (κ1) is 10.5. The molecule has 0 aliphatic carbocycles. The summed E-state index contributed by atoms with van der Waals surface area (Å²) in [7, 11) is 1.74. The van der Waals surface area contributed by atoms with Crippen molar-refractivity contribution in [3.05, 3.63) is 30.3 Å². The molecule has 0 aromatic heterocycles. The zero-order valence-electron chi connectivity index (χ0n) is 9.53. The Balaban J connectivity index is 2.16. The fourth-order valence-corrected chi connectivity index (χ4v) is 2.00. The molecule has 1 heterocycles. The molecule has 1 unspecified atom stereocenters. The summed E-state index contributed by atoms with van der Waals surface area (Å²) in [4.78, 5) is 0. The molecule has 0 radical (unpaired) electrons. The monoisotopic (exact) mass is 206 g/mol. The van der Waals surface area contributed by atoms with E-state index in [-0.39, 0.29) is 11.6 Å². The van der Waals surface area contributed by atoms with Crippen LogP contribution in [0.25, 0.3) is 0 Å². The first-order valence-corrected chi connectivity index (χ1v) is 5.25. The maximum atomic E-state index is 5.43. The molecule has 1 fully saturated rings. The zero-order chi connectivity index (χ0) is 10.9. The average Bonchev–Trinajstić information content (AvgIpc) is 2.55. The lowest BCUT2D eigenvalue weighted by atomic mass is 9.93. The molecule has 0 amide bonds. The third-order valence-electron chi connectivity index (χ3n) is 2.85. The van der Waals surface area contributed by atoms with E-state index in [1.165, 1.54) is 5.69 Å². The van der Waals surface area contributed by atoms with Gasteiger partial charge in [-0.25, -0.2) is 5.43 Å². The zero-order valence-corrected chi connectivity index (χ0v) is 9.53. The highest BCUT2D eigenvalue weighted by Crippen LogP contribution is 2.30. The molecule has 1 aliphatic heterocycles. The molecule has 1 atom stereocenters. The van der Waals surface area contributed by atoms with E-state index in [2.05, 4.69) is 36.4 Å². The maximum absolute atomic E-state index is 5.43. The van der Waals surface area contributed by atoms with E-state index in [1.807, 2.05) is 18.2 Å². The summed E-state index contributed by atoms with van der Waals surface area (Å²) >= 11 is 0. The number of nitrogens with one attached hydrogen (secondary N) is 1. The lowest BCUT2D eigenvalue weighted by Gasteiger charge is -2.22. The van der Waals surface area contributed by atoms with Gasteiger partial charge in [-0.15, -0.1) is 0 Å². The number of hydrogen-bond acceptors (Lipinski definition) is 3. The molecule has 82 valence electrons. The standard InChI is InChI=1S/C12H18N2O/c1-12(2)9-14(13-11(12)15-3)10-7-5-4-6-8-10/h4-8,11,13H,9H2,1-3H3. The SMILES string of the molecule is COC1NN(c2ccccc2)CC1(C)C. The third kappa shape index (κ3) is 1.98. The Morgan fingerprint density at radius 3 is 2.53 bits per heavy atom. The van der Waals surface area contributed by atoms with Crippen molar-refractivity contribution < 1.29 is 4.74 Å². The van der Waals surface area contributed by atoms with Gasteiger partial charge in [-0.2, -0.15) is 0 Å². The summed E-state index contributed by atoms with van der Waals surface area (Å²) in [5, 5.41) is 2.15. The van der Waals surface area contributed by atoms with Gasteiger partial charge in [0, 0.05) is 19.1 Å². The van der Waals surface area contributed by atoms with Crippen LogP contribution in [0.15, 0.2) is 30.3 Å². The van der Waals surface area contributed by atoms with E-state index in [1.54, 1.807) is 7.11 Å². The van der Waals surface area contributed by atoms with Gasteiger partial charge in [0.15, 0.2) is 0 Å². The lowest BCUT2D eigenvalue weighted by Crippen LogP contribution is -2.38. The smallest absolute Gasteiger partial charge is 0.131 e. The third-order valence-corrected chi connectivity index (χ3v) is 2.85. The molecule has 0 spiro atoms. The highest BCUT2D eigenvalue weighted by Gasteiger charge is 2.39. The molecule has 15 heavy (non-hydrogen) atoms. The number of nitrogens with zero attached hydrogens (tertiary/aromatic N) is 1. The molecule has 0 saturated carbocycles. The van der Waals surface area contributed by atoms with Crippen LogP contribution in [0.1, 0.15) is 13.8 Å². The number of rotatable bonds is 2. The van der Waals surface area contributed by atoms with E-state index in [9.17, 15) is 0 Å². The summed E-state index contributed by atoms with van der Waals surface area (Å²) in [6.45, 7) is 5.36. The minimum atomic E-state index is 0.0812. The highest BCUT2D eigenvalue weighted by molar-refractivity contribution is 5.46. The number of hydrogen-bond donors (Lipinski definition) is 1. The Morgan fingerprint density at radius 2 is 2.00 bits per heavy atom. The number of methoxy groups -OCH3 is 1. The van der Waals surface area contributed by atoms with Gasteiger partial charge >= 0.3 is 0 Å². The van der Waals surface area contributed by atoms with Gasteiger partial charge in [-0.3, -0.25) is 0 Å². The second-order valence-corrected chi connectivity index (χ2v) is 4.66. The Hall–Kier alpha value is -1.06. The van der Waals surface area contributed by atoms with Gasteiger partial charge in [0.05, 0.1) is 5.69 Å². The Labute approximate surface area is 91.0 Å². The van der Waals surface area contributed by atoms with Crippen LogP contribution >= 0.6 is 0 Å². The van der Waals surface area contributed by atoms with Crippen LogP contribution < -0.4 is 10.4 Å². The molecule has 1 aliphatic rings. The first-order chi connectivity index (χ1) is 7.13. The van der Waals surface area contributed by atoms with Crippen molar-refractivity contribution in [2.24, 2.45) is 5.41 Å². The topological polar surface area (TPSA) is 24.5 Å². The Kier molecular flexibility index (Phi) is 2.67. The minimum absolute atomic E-state index is 0.0812. The van der Waals surface area contributed by atoms with Crippen LogP contribution in [0.3, 0.4) is 0 Å². The van der Waals surface area contributed by atoms with Crippen LogP contribution in [-0.2, 0) is 4.74 Å². The predicted molar refractivity (Wildman–Crippen MR) is 61.5 cm³/mol. The second kappa shape index (κ2) is 3.83. The van der Waals surface area contributed by atoms with Crippen molar-refractivity contribution in [1.29, 1.82) is 0 Å². The molecular formula is C12H18N2O. The predicted octanol–water partition coefficient (Wildman–Crippen LogP) is 2.01. The number of hydrazine groups is 1. The fourth-order valence-electron chi connectivity index (χ4n) is 2.00. The van der Waals surface area contributed by atoms with Crippen LogP contribution in [0.5, 0.6) is 0 Å². The maximum Gasteiger partial charge on any atom is 0.131 e. The van der Waals surface area contributed by atoms with Gasteiger partial charge in [0.2, 0.25) is 0 Å². The Morgan fingerprint density at radius 1 is 1.33 bits per heavy atom. The highest BCUT2D eigenvalue weighted by atomic mass is 16.5. The van der Waals surface area contributed by atoms with Gasteiger partial charge in [0.1, 0.15) is 6.23 Å². The second-order valence-electron chi connectivity index (χ2n) is 4.66. The van der Waals surface area contributed by atoms with Crippen molar-refractivity contribution in [2.45, 2.75) is 20.1 Å². The van der Waals surface area contributed by atoms with Gasteiger partial charge in [-0.1, -0.05) is 32.0 Å². The normalized spacial score (nSPS) is 24.5. The summed E-state index contributed by atoms with van der Waals surface area (Å²) in [6, 6.07) is 10.3. The summed E-state index contributed by atoms with van der Waals surface area (Å²) in [5.74, 6) is 0. The lowest BCUT2D eigenvalue weighted by molar-refractivity contribution is 0.0192. The van der Waals surface area contributed by atoms with Crippen LogP contribution in [-0.4, -0.2) is 19.9 Å². The van der Waals surface area contributed by atoms with Gasteiger partial charge in [-0.05, 0) is 12.1 Å². The molecule has 3 nitrogen and oxygen atoms in total. The van der Waals surface area contributed by atoms with Crippen molar-refractivity contribution in [3.8, 4) is 0 Å². The molecule has 1 aromatic carbocycles. The van der Waals surface area contributed by atoms with E-state index in [0.717, 1.165) is 6.54 Å². The largest absolute Gasteiger partial charge is 0.364 e.